The van der Waals surface area contributed by atoms with Crippen molar-refractivity contribution in [2.24, 2.45) is 0 Å². The van der Waals surface area contributed by atoms with E-state index in [1.54, 1.807) is 13.2 Å². The smallest absolute Gasteiger partial charge is 0.161 e. The van der Waals surface area contributed by atoms with E-state index in [0.717, 1.165) is 53.9 Å². The molecule has 0 saturated carbocycles. The maximum absolute atomic E-state index is 10.0. The van der Waals surface area contributed by atoms with Crippen LogP contribution in [0.1, 0.15) is 34.0 Å². The van der Waals surface area contributed by atoms with Gasteiger partial charge in [-0.25, -0.2) is 0 Å². The van der Waals surface area contributed by atoms with E-state index in [1.165, 1.54) is 22.4 Å². The van der Waals surface area contributed by atoms with Crippen molar-refractivity contribution in [3.63, 3.8) is 0 Å². The second-order valence-electron chi connectivity index (χ2n) is 8.73. The molecule has 6 rings (SSSR count). The lowest BCUT2D eigenvalue weighted by molar-refractivity contribution is 0.158. The summed E-state index contributed by atoms with van der Waals surface area (Å²) in [5, 5.41) is 11.1. The number of nitrogens with one attached hydrogen (secondary N) is 1. The molecule has 2 aliphatic heterocycles. The first-order chi connectivity index (χ1) is 15.7. The fourth-order valence-corrected chi connectivity index (χ4v) is 5.25. The minimum absolute atomic E-state index is 0.296. The lowest BCUT2D eigenvalue weighted by atomic mass is 9.85. The van der Waals surface area contributed by atoms with Crippen molar-refractivity contribution in [3.05, 3.63) is 88.6 Å². The van der Waals surface area contributed by atoms with E-state index < -0.39 is 0 Å². The van der Waals surface area contributed by atoms with Gasteiger partial charge in [-0.15, -0.1) is 0 Å². The van der Waals surface area contributed by atoms with Crippen LogP contribution in [0.25, 0.3) is 10.9 Å². The zero-order valence-electron chi connectivity index (χ0n) is 18.1. The van der Waals surface area contributed by atoms with E-state index in [2.05, 4.69) is 34.1 Å². The number of nitrogens with zero attached hydrogens (tertiary/aromatic N) is 1. The highest BCUT2D eigenvalue weighted by atomic mass is 16.5. The van der Waals surface area contributed by atoms with Crippen molar-refractivity contribution < 1.29 is 14.6 Å². The first kappa shape index (κ1) is 19.3. The molecule has 5 heteroatoms. The normalized spacial score (nSPS) is 17.5. The Morgan fingerprint density at radius 1 is 1.06 bits per heavy atom. The molecule has 0 fully saturated rings. The predicted molar refractivity (Wildman–Crippen MR) is 124 cm³/mol. The molecule has 0 spiro atoms. The average molecular weight is 427 g/mol. The summed E-state index contributed by atoms with van der Waals surface area (Å²) in [5.41, 5.74) is 7.46. The molecule has 0 bridgehead atoms. The number of aromatic amines is 1. The lowest BCUT2D eigenvalue weighted by Crippen LogP contribution is -2.39. The summed E-state index contributed by atoms with van der Waals surface area (Å²) in [7, 11) is 1.71. The van der Waals surface area contributed by atoms with Crippen LogP contribution >= 0.6 is 0 Å². The van der Waals surface area contributed by atoms with Crippen LogP contribution in [-0.2, 0) is 26.0 Å². The van der Waals surface area contributed by atoms with Crippen LogP contribution in [0.4, 0.5) is 0 Å². The van der Waals surface area contributed by atoms with Crippen molar-refractivity contribution in [1.82, 2.24) is 9.88 Å². The Bertz CT molecular complexity index is 1300. The van der Waals surface area contributed by atoms with E-state index in [0.29, 0.717) is 18.4 Å². The Balaban J connectivity index is 1.34. The Morgan fingerprint density at radius 3 is 2.78 bits per heavy atom. The number of aromatic hydroxyl groups is 1. The summed E-state index contributed by atoms with van der Waals surface area (Å²) < 4.78 is 11.9. The third kappa shape index (κ3) is 3.21. The molecule has 1 unspecified atom stereocenters. The van der Waals surface area contributed by atoms with Crippen molar-refractivity contribution in [3.8, 4) is 17.2 Å². The van der Waals surface area contributed by atoms with Gasteiger partial charge in [0.05, 0.1) is 7.11 Å². The molecule has 0 aliphatic carbocycles. The Hall–Kier alpha value is -3.44. The quantitative estimate of drug-likeness (QED) is 0.476. The number of methoxy groups -OCH3 is 1. The number of fused-ring (bicyclic) bond motifs is 6. The van der Waals surface area contributed by atoms with Crippen molar-refractivity contribution in [2.75, 3.05) is 13.7 Å². The van der Waals surface area contributed by atoms with Crippen LogP contribution in [0, 0.1) is 0 Å². The molecule has 5 nitrogen and oxygen atoms in total. The minimum atomic E-state index is 0.296. The van der Waals surface area contributed by atoms with Gasteiger partial charge in [-0.3, -0.25) is 4.90 Å². The first-order valence-corrected chi connectivity index (χ1v) is 11.1. The standard InChI is InChI=1S/C27H26N2O3/c1-31-26-14-20-18(11-27(26)32-16-17-5-3-2-4-6-17)9-10-29-15-24-22(13-25(20)29)21-12-19(30)7-8-23(21)28-24/h2-8,11-12,14,25,28,30H,9-10,13,15-16H2,1H3. The molecule has 2 aliphatic rings. The number of rotatable bonds is 4. The minimum Gasteiger partial charge on any atom is -0.508 e. The number of hydrogen-bond donors (Lipinski definition) is 2. The number of hydrogen-bond acceptors (Lipinski definition) is 4. The van der Waals surface area contributed by atoms with Gasteiger partial charge in [-0.05, 0) is 65.4 Å². The second kappa shape index (κ2) is 7.61. The summed E-state index contributed by atoms with van der Waals surface area (Å²) in [6, 6.07) is 20.4. The maximum atomic E-state index is 10.0. The van der Waals surface area contributed by atoms with Gasteiger partial charge in [-0.1, -0.05) is 30.3 Å². The first-order valence-electron chi connectivity index (χ1n) is 11.1. The summed E-state index contributed by atoms with van der Waals surface area (Å²) >= 11 is 0. The van der Waals surface area contributed by atoms with Gasteiger partial charge in [0, 0.05) is 35.7 Å². The van der Waals surface area contributed by atoms with Gasteiger partial charge in [0.2, 0.25) is 0 Å². The number of benzene rings is 3. The lowest BCUT2D eigenvalue weighted by Gasteiger charge is -2.40. The molecule has 0 saturated heterocycles. The Kier molecular flexibility index (Phi) is 4.58. The molecule has 4 aromatic rings. The molecular formula is C27H26N2O3. The highest BCUT2D eigenvalue weighted by Crippen LogP contribution is 2.44. The van der Waals surface area contributed by atoms with Crippen molar-refractivity contribution in [1.29, 1.82) is 0 Å². The van der Waals surface area contributed by atoms with Crippen LogP contribution < -0.4 is 9.47 Å². The third-order valence-electron chi connectivity index (χ3n) is 6.87. The Morgan fingerprint density at radius 2 is 1.94 bits per heavy atom. The van der Waals surface area contributed by atoms with Gasteiger partial charge >= 0.3 is 0 Å². The van der Waals surface area contributed by atoms with E-state index >= 15 is 0 Å². The molecule has 2 N–H and O–H groups in total. The topological polar surface area (TPSA) is 57.7 Å². The molecule has 3 aromatic carbocycles. The summed E-state index contributed by atoms with van der Waals surface area (Å²) in [6.07, 6.45) is 1.91. The second-order valence-corrected chi connectivity index (χ2v) is 8.73. The van der Waals surface area contributed by atoms with E-state index in [1.807, 2.05) is 30.3 Å². The van der Waals surface area contributed by atoms with Gasteiger partial charge in [0.15, 0.2) is 11.5 Å². The van der Waals surface area contributed by atoms with Crippen LogP contribution in [0.5, 0.6) is 17.2 Å². The van der Waals surface area contributed by atoms with Gasteiger partial charge in [0.1, 0.15) is 12.4 Å². The number of ether oxygens (including phenoxy) is 2. The number of H-pyrrole nitrogens is 1. The number of aromatic nitrogens is 1. The third-order valence-corrected chi connectivity index (χ3v) is 6.87. The summed E-state index contributed by atoms with van der Waals surface area (Å²) in [4.78, 5) is 6.11. The number of phenols is 1. The molecular weight excluding hydrogens is 400 g/mol. The SMILES string of the molecule is COc1cc2c(cc1OCc1ccccc1)CCN1Cc3[nH]c4ccc(O)cc4c3CC21. The van der Waals surface area contributed by atoms with E-state index in [9.17, 15) is 5.11 Å². The van der Waals surface area contributed by atoms with Crippen LogP contribution in [-0.4, -0.2) is 28.6 Å². The largest absolute Gasteiger partial charge is 0.508 e. The average Bonchev–Trinajstić information content (AvgIpc) is 3.18. The molecule has 162 valence electrons. The maximum Gasteiger partial charge on any atom is 0.161 e. The Labute approximate surface area is 187 Å². The van der Waals surface area contributed by atoms with E-state index in [-0.39, 0.29) is 0 Å². The van der Waals surface area contributed by atoms with Crippen molar-refractivity contribution in [2.45, 2.75) is 32.0 Å². The highest BCUT2D eigenvalue weighted by Gasteiger charge is 2.34. The zero-order valence-corrected chi connectivity index (χ0v) is 18.1. The van der Waals surface area contributed by atoms with Gasteiger partial charge in [-0.2, -0.15) is 0 Å². The molecule has 1 aromatic heterocycles. The highest BCUT2D eigenvalue weighted by molar-refractivity contribution is 5.86. The summed E-state index contributed by atoms with van der Waals surface area (Å²) in [5.74, 6) is 1.90. The summed E-state index contributed by atoms with van der Waals surface area (Å²) in [6.45, 7) is 2.43. The van der Waals surface area contributed by atoms with Gasteiger partial charge < -0.3 is 19.6 Å². The fraction of sp³-hybridized carbons (Fsp3) is 0.259. The monoisotopic (exact) mass is 426 g/mol. The number of phenolic OH excluding ortho intramolecular Hbond substituents is 1. The van der Waals surface area contributed by atoms with Crippen LogP contribution in [0.3, 0.4) is 0 Å². The van der Waals surface area contributed by atoms with E-state index in [4.69, 9.17) is 9.47 Å². The molecule has 32 heavy (non-hydrogen) atoms. The zero-order chi connectivity index (χ0) is 21.7. The molecule has 1 atom stereocenters. The van der Waals surface area contributed by atoms with Gasteiger partial charge in [0.25, 0.3) is 0 Å². The van der Waals surface area contributed by atoms with Crippen LogP contribution in [0.15, 0.2) is 60.7 Å². The fourth-order valence-electron chi connectivity index (χ4n) is 5.25. The van der Waals surface area contributed by atoms with Crippen molar-refractivity contribution >= 4 is 10.9 Å². The molecule has 0 radical (unpaired) electrons. The predicted octanol–water partition coefficient (Wildman–Crippen LogP) is 5.12. The molecule has 3 heterocycles. The molecule has 0 amide bonds. The van der Waals surface area contributed by atoms with Crippen LogP contribution in [0.2, 0.25) is 0 Å².